The molecule has 1 fully saturated rings. The number of terminal acetylenes is 1. The topological polar surface area (TPSA) is 87.7 Å². The Kier molecular flexibility index (Phi) is 11.0. The lowest BCUT2D eigenvalue weighted by molar-refractivity contribution is -0.141. The number of nitrogens with one attached hydrogen (secondary N) is 2. The Morgan fingerprint density at radius 2 is 1.80 bits per heavy atom. The molecule has 0 aliphatic heterocycles. The summed E-state index contributed by atoms with van der Waals surface area (Å²) in [5.41, 5.74) is 0.664. The zero-order chi connectivity index (χ0) is 26.0. The van der Waals surface area contributed by atoms with Crippen molar-refractivity contribution in [3.05, 3.63) is 35.4 Å². The van der Waals surface area contributed by atoms with Crippen molar-refractivity contribution in [1.82, 2.24) is 15.5 Å². The number of carbonyl (C=O) groups excluding carboxylic acids is 3. The van der Waals surface area contributed by atoms with Crippen LogP contribution in [0.3, 0.4) is 0 Å². The summed E-state index contributed by atoms with van der Waals surface area (Å²) < 4.78 is 5.37. The van der Waals surface area contributed by atoms with Gasteiger partial charge in [0.1, 0.15) is 17.7 Å². The third kappa shape index (κ3) is 9.14. The van der Waals surface area contributed by atoms with Crippen LogP contribution in [-0.4, -0.2) is 59.5 Å². The van der Waals surface area contributed by atoms with Gasteiger partial charge in [0.2, 0.25) is 11.8 Å². The maximum absolute atomic E-state index is 13.6. The number of rotatable bonds is 9. The van der Waals surface area contributed by atoms with Crippen LogP contribution in [0.2, 0.25) is 0 Å². The molecule has 192 valence electrons. The van der Waals surface area contributed by atoms with Crippen molar-refractivity contribution in [3.8, 4) is 12.3 Å². The molecule has 8 heteroatoms. The van der Waals surface area contributed by atoms with Gasteiger partial charge in [0.15, 0.2) is 0 Å². The molecule has 2 unspecified atom stereocenters. The quantitative estimate of drug-likeness (QED) is 0.494. The Morgan fingerprint density at radius 1 is 1.17 bits per heavy atom. The lowest BCUT2D eigenvalue weighted by atomic mass is 9.94. The molecule has 2 atom stereocenters. The normalized spacial score (nSPS) is 15.9. The molecular weight excluding hydrogens is 462 g/mol. The van der Waals surface area contributed by atoms with Crippen LogP contribution in [0.4, 0.5) is 4.79 Å². The average Bonchev–Trinajstić information content (AvgIpc) is 2.81. The summed E-state index contributed by atoms with van der Waals surface area (Å²) in [7, 11) is 1.60. The number of alkyl carbamates (subject to hydrolysis) is 1. The molecule has 0 radical (unpaired) electrons. The lowest BCUT2D eigenvalue weighted by Gasteiger charge is -2.33. The predicted molar refractivity (Wildman–Crippen MR) is 141 cm³/mol. The number of thioether (sulfide) groups is 1. The Hall–Kier alpha value is -2.66. The summed E-state index contributed by atoms with van der Waals surface area (Å²) in [6, 6.07) is 5.51. The number of benzene rings is 1. The number of carbonyl (C=O) groups is 3. The number of amides is 3. The van der Waals surface area contributed by atoms with E-state index in [1.54, 1.807) is 63.8 Å². The first-order chi connectivity index (χ1) is 16.6. The fourth-order valence-electron chi connectivity index (χ4n) is 4.16. The van der Waals surface area contributed by atoms with E-state index in [9.17, 15) is 14.4 Å². The van der Waals surface area contributed by atoms with Crippen molar-refractivity contribution < 1.29 is 19.1 Å². The second-order valence-electron chi connectivity index (χ2n) is 9.94. The minimum absolute atomic E-state index is 0.0967. The smallest absolute Gasteiger partial charge is 0.408 e. The van der Waals surface area contributed by atoms with E-state index in [2.05, 4.69) is 16.6 Å². The predicted octanol–water partition coefficient (Wildman–Crippen LogP) is 4.26. The largest absolute Gasteiger partial charge is 0.444 e. The fourth-order valence-corrected chi connectivity index (χ4v) is 4.63. The molecule has 1 aromatic carbocycles. The third-order valence-corrected chi connectivity index (χ3v) is 6.57. The first-order valence-electron chi connectivity index (χ1n) is 12.2. The highest BCUT2D eigenvalue weighted by molar-refractivity contribution is 7.98. The van der Waals surface area contributed by atoms with E-state index < -0.39 is 23.8 Å². The van der Waals surface area contributed by atoms with Gasteiger partial charge in [-0.2, -0.15) is 11.8 Å². The summed E-state index contributed by atoms with van der Waals surface area (Å²) in [6.45, 7) is 5.30. The van der Waals surface area contributed by atoms with Crippen LogP contribution >= 0.6 is 11.8 Å². The molecule has 1 saturated carbocycles. The maximum Gasteiger partial charge on any atom is 0.408 e. The minimum atomic E-state index is -0.853. The van der Waals surface area contributed by atoms with Crippen LogP contribution in [0.1, 0.15) is 76.5 Å². The van der Waals surface area contributed by atoms with E-state index >= 15 is 0 Å². The maximum atomic E-state index is 13.6. The van der Waals surface area contributed by atoms with Crippen molar-refractivity contribution in [1.29, 1.82) is 0 Å². The van der Waals surface area contributed by atoms with Crippen LogP contribution in [-0.2, 0) is 14.3 Å². The summed E-state index contributed by atoms with van der Waals surface area (Å²) in [5.74, 6) is 2.65. The second kappa shape index (κ2) is 13.4. The molecule has 35 heavy (non-hydrogen) atoms. The summed E-state index contributed by atoms with van der Waals surface area (Å²) in [5, 5.41) is 5.86. The number of nitrogens with zero attached hydrogens (tertiary/aromatic N) is 1. The van der Waals surface area contributed by atoms with Gasteiger partial charge >= 0.3 is 6.09 Å². The molecule has 0 aromatic heterocycles. The van der Waals surface area contributed by atoms with Crippen molar-refractivity contribution in [2.45, 2.75) is 83.0 Å². The van der Waals surface area contributed by atoms with Gasteiger partial charge in [0.05, 0.1) is 0 Å². The van der Waals surface area contributed by atoms with Gasteiger partial charge in [-0.1, -0.05) is 37.3 Å². The van der Waals surface area contributed by atoms with E-state index in [1.807, 2.05) is 6.26 Å². The van der Waals surface area contributed by atoms with Crippen molar-refractivity contribution in [2.24, 2.45) is 0 Å². The first kappa shape index (κ1) is 28.6. The van der Waals surface area contributed by atoms with Gasteiger partial charge in [0, 0.05) is 18.7 Å². The van der Waals surface area contributed by atoms with E-state index in [0.29, 0.717) is 23.3 Å². The van der Waals surface area contributed by atoms with Crippen LogP contribution in [0, 0.1) is 12.3 Å². The molecule has 1 aromatic rings. The zero-order valence-electron chi connectivity index (χ0n) is 21.6. The van der Waals surface area contributed by atoms with Crippen molar-refractivity contribution in [2.75, 3.05) is 19.1 Å². The van der Waals surface area contributed by atoms with Gasteiger partial charge in [-0.25, -0.2) is 4.79 Å². The van der Waals surface area contributed by atoms with Crippen molar-refractivity contribution >= 4 is 29.7 Å². The molecule has 1 aliphatic carbocycles. The first-order valence-corrected chi connectivity index (χ1v) is 13.6. The minimum Gasteiger partial charge on any atom is -0.444 e. The Balaban J connectivity index is 2.29. The van der Waals surface area contributed by atoms with Gasteiger partial charge in [0.25, 0.3) is 0 Å². The van der Waals surface area contributed by atoms with E-state index in [-0.39, 0.29) is 17.9 Å². The number of hydrogen-bond donors (Lipinski definition) is 2. The molecule has 3 amide bonds. The summed E-state index contributed by atoms with van der Waals surface area (Å²) in [4.78, 5) is 41.0. The lowest BCUT2D eigenvalue weighted by Crippen LogP contribution is -2.52. The van der Waals surface area contributed by atoms with Crippen LogP contribution in [0.15, 0.2) is 24.3 Å². The van der Waals surface area contributed by atoms with E-state index in [4.69, 9.17) is 11.2 Å². The Bertz CT molecular complexity index is 898. The average molecular weight is 502 g/mol. The van der Waals surface area contributed by atoms with Crippen LogP contribution < -0.4 is 10.6 Å². The molecule has 2 rings (SSSR count). The molecule has 2 N–H and O–H groups in total. The molecule has 1 aliphatic rings. The molecule has 0 bridgehead atoms. The molecule has 7 nitrogen and oxygen atoms in total. The standard InChI is InChI=1S/C27H39N3O4S/c1-7-19-13-15-20(16-14-19)23(24(31)28-21-11-9-8-10-12-21)30(5)25(32)22(17-18-35-6)29-26(33)34-27(2,3)4/h1,13-16,21-23H,8-12,17-18H2,2-6H3,(H,28,31)(H,29,33). The summed E-state index contributed by atoms with van der Waals surface area (Å²) >= 11 is 1.58. The second-order valence-corrected chi connectivity index (χ2v) is 10.9. The summed E-state index contributed by atoms with van der Waals surface area (Å²) in [6.07, 6.45) is 12.4. The molecule has 0 saturated heterocycles. The zero-order valence-corrected chi connectivity index (χ0v) is 22.4. The van der Waals surface area contributed by atoms with Gasteiger partial charge in [-0.05, 0) is 69.7 Å². The Labute approximate surface area is 214 Å². The third-order valence-electron chi connectivity index (χ3n) is 5.93. The van der Waals surface area contributed by atoms with Crippen LogP contribution in [0.25, 0.3) is 0 Å². The highest BCUT2D eigenvalue weighted by Crippen LogP contribution is 2.24. The molecular formula is C27H39N3O4S. The van der Waals surface area contributed by atoms with E-state index in [1.165, 1.54) is 11.3 Å². The number of hydrogen-bond acceptors (Lipinski definition) is 5. The fraction of sp³-hybridized carbons (Fsp3) is 0.593. The van der Waals surface area contributed by atoms with Gasteiger partial charge < -0.3 is 20.3 Å². The Morgan fingerprint density at radius 3 is 2.34 bits per heavy atom. The molecule has 0 spiro atoms. The highest BCUT2D eigenvalue weighted by atomic mass is 32.2. The van der Waals surface area contributed by atoms with Gasteiger partial charge in [-0.3, -0.25) is 9.59 Å². The van der Waals surface area contributed by atoms with Crippen molar-refractivity contribution in [3.63, 3.8) is 0 Å². The van der Waals surface area contributed by atoms with E-state index in [0.717, 1.165) is 25.7 Å². The van der Waals surface area contributed by atoms with Gasteiger partial charge in [-0.15, -0.1) is 6.42 Å². The molecule has 0 heterocycles. The van der Waals surface area contributed by atoms with Crippen LogP contribution in [0.5, 0.6) is 0 Å². The SMILES string of the molecule is C#Cc1ccc(C(C(=O)NC2CCCCC2)N(C)C(=O)C(CCSC)NC(=O)OC(C)(C)C)cc1. The highest BCUT2D eigenvalue weighted by Gasteiger charge is 2.34. The number of ether oxygens (including phenoxy) is 1. The monoisotopic (exact) mass is 501 g/mol. The number of likely N-dealkylation sites (N-methyl/N-ethyl adjacent to an activating group) is 1.